The number of ether oxygens (including phenoxy) is 1. The van der Waals surface area contributed by atoms with E-state index in [2.05, 4.69) is 25.8 Å². The van der Waals surface area contributed by atoms with Crippen molar-refractivity contribution in [3.8, 4) is 16.3 Å². The molecule has 0 unspecified atom stereocenters. The second-order valence-corrected chi connectivity index (χ2v) is 11.5. The average molecular weight is 602 g/mol. The summed E-state index contributed by atoms with van der Waals surface area (Å²) >= 11 is 3.04. The second-order valence-electron chi connectivity index (χ2n) is 9.29. The molecule has 41 heavy (non-hydrogen) atoms. The van der Waals surface area contributed by atoms with E-state index in [-0.39, 0.29) is 29.2 Å². The van der Waals surface area contributed by atoms with Gasteiger partial charge in [0.05, 0.1) is 30.2 Å². The second kappa shape index (κ2) is 12.0. The number of carbonyl (C=O) groups is 3. The number of aliphatic hydroxyl groups is 3. The number of para-hydroxylation sites is 1. The molecule has 14 nitrogen and oxygen atoms in total. The van der Waals surface area contributed by atoms with Crippen LogP contribution in [0.15, 0.2) is 30.5 Å². The molecule has 3 heterocycles. The Bertz CT molecular complexity index is 1470. The van der Waals surface area contributed by atoms with Gasteiger partial charge in [0.2, 0.25) is 5.91 Å². The summed E-state index contributed by atoms with van der Waals surface area (Å²) in [7, 11) is 1.45. The predicted octanol–water partition coefficient (Wildman–Crippen LogP) is 1.21. The van der Waals surface area contributed by atoms with E-state index in [4.69, 9.17) is 4.74 Å². The third kappa shape index (κ3) is 6.91. The van der Waals surface area contributed by atoms with E-state index < -0.39 is 17.7 Å². The summed E-state index contributed by atoms with van der Waals surface area (Å²) in [5, 5.41) is 43.2. The van der Waals surface area contributed by atoms with E-state index in [1.807, 2.05) is 16.7 Å². The van der Waals surface area contributed by atoms with Crippen molar-refractivity contribution in [2.45, 2.75) is 18.9 Å². The molecule has 2 fully saturated rings. The number of nitrogens with one attached hydrogen (secondary N) is 3. The minimum atomic E-state index is -3.50. The van der Waals surface area contributed by atoms with Crippen molar-refractivity contribution in [2.75, 3.05) is 42.3 Å². The van der Waals surface area contributed by atoms with Crippen LogP contribution in [0.1, 0.15) is 33.0 Å². The zero-order chi connectivity index (χ0) is 29.1. The van der Waals surface area contributed by atoms with Crippen LogP contribution in [0.5, 0.6) is 5.75 Å². The number of thioether (sulfide) groups is 1. The standard InChI is InChI=1S/C25H27N7O7S2/c1-39-20-14(23-26-12-17(41-23)24(35)32-7-9-40-10-8-32)3-2-4-15(20)27-16-11-18(28-21(33)13-5-6-13)30-31-19(16)22(34)29-25(36,37)38/h2-4,11-13,36-38H,5-10H2,1H3,(H,29,34)(H2,27,28,30,33). The number of hydrogen-bond donors (Lipinski definition) is 6. The highest BCUT2D eigenvalue weighted by Gasteiger charge is 2.31. The van der Waals surface area contributed by atoms with E-state index >= 15 is 0 Å². The van der Waals surface area contributed by atoms with Gasteiger partial charge < -0.3 is 35.6 Å². The van der Waals surface area contributed by atoms with Crippen molar-refractivity contribution < 1.29 is 34.4 Å². The fraction of sp³-hybridized carbons (Fsp3) is 0.360. The fourth-order valence-electron chi connectivity index (χ4n) is 4.09. The number of nitrogens with zero attached hydrogens (tertiary/aromatic N) is 4. The Morgan fingerprint density at radius 3 is 2.54 bits per heavy atom. The summed E-state index contributed by atoms with van der Waals surface area (Å²) in [6.45, 7) is 1.37. The maximum atomic E-state index is 13.0. The number of carbonyl (C=O) groups excluding carboxylic acids is 3. The smallest absolute Gasteiger partial charge is 0.369 e. The number of aromatic nitrogens is 3. The number of anilines is 3. The largest absolute Gasteiger partial charge is 0.494 e. The highest BCUT2D eigenvalue weighted by molar-refractivity contribution is 7.99. The molecular formula is C25H27N7O7S2. The van der Waals surface area contributed by atoms with Gasteiger partial charge in [-0.05, 0) is 25.0 Å². The zero-order valence-corrected chi connectivity index (χ0v) is 23.4. The van der Waals surface area contributed by atoms with E-state index in [0.29, 0.717) is 40.0 Å². The van der Waals surface area contributed by atoms with Gasteiger partial charge in [0, 0.05) is 36.6 Å². The molecule has 1 aromatic carbocycles. The van der Waals surface area contributed by atoms with E-state index in [1.165, 1.54) is 24.5 Å². The monoisotopic (exact) mass is 601 g/mol. The van der Waals surface area contributed by atoms with Crippen molar-refractivity contribution in [3.63, 3.8) is 0 Å². The van der Waals surface area contributed by atoms with Crippen molar-refractivity contribution >= 4 is 58.0 Å². The number of benzene rings is 1. The molecule has 3 aromatic rings. The Hall–Kier alpha value is -3.83. The van der Waals surface area contributed by atoms with Crippen molar-refractivity contribution in [1.82, 2.24) is 25.4 Å². The minimum absolute atomic E-state index is 0.0151. The first-order valence-electron chi connectivity index (χ1n) is 12.6. The van der Waals surface area contributed by atoms with Crippen LogP contribution >= 0.6 is 23.1 Å². The van der Waals surface area contributed by atoms with Crippen LogP contribution in [0, 0.1) is 5.92 Å². The van der Waals surface area contributed by atoms with Crippen molar-refractivity contribution in [3.05, 3.63) is 41.0 Å². The van der Waals surface area contributed by atoms with E-state index in [1.54, 1.807) is 29.7 Å². The van der Waals surface area contributed by atoms with Gasteiger partial charge >= 0.3 is 6.10 Å². The number of methoxy groups -OCH3 is 1. The number of hydrogen-bond acceptors (Lipinski definition) is 13. The predicted molar refractivity (Wildman–Crippen MR) is 151 cm³/mol. The molecule has 0 bridgehead atoms. The summed E-state index contributed by atoms with van der Waals surface area (Å²) in [5.74, 6) is 0.586. The van der Waals surface area contributed by atoms with Gasteiger partial charge in [-0.2, -0.15) is 11.8 Å². The third-order valence-corrected chi connectivity index (χ3v) is 8.18. The van der Waals surface area contributed by atoms with Gasteiger partial charge in [0.25, 0.3) is 11.8 Å². The number of amides is 3. The SMILES string of the molecule is COc1c(Nc2cc(NC(=O)C3CC3)nnc2C(=O)NC(O)(O)O)cccc1-c1ncc(C(=O)N2CCSCC2)s1. The van der Waals surface area contributed by atoms with Gasteiger partial charge in [0.15, 0.2) is 17.3 Å². The molecule has 1 saturated carbocycles. The lowest BCUT2D eigenvalue weighted by Crippen LogP contribution is -2.48. The van der Waals surface area contributed by atoms with Crippen LogP contribution in [0.3, 0.4) is 0 Å². The maximum Gasteiger partial charge on any atom is 0.369 e. The summed E-state index contributed by atoms with van der Waals surface area (Å²) in [6.07, 6.45) is -0.429. The Morgan fingerprint density at radius 1 is 1.10 bits per heavy atom. The van der Waals surface area contributed by atoms with Crippen LogP contribution in [0.2, 0.25) is 0 Å². The Labute approximate surface area is 242 Å². The highest BCUT2D eigenvalue weighted by atomic mass is 32.2. The fourth-order valence-corrected chi connectivity index (χ4v) is 5.90. The Balaban J connectivity index is 1.46. The number of thiazole rings is 1. The molecule has 1 saturated heterocycles. The van der Waals surface area contributed by atoms with Gasteiger partial charge in [-0.25, -0.2) is 4.98 Å². The van der Waals surface area contributed by atoms with Crippen molar-refractivity contribution in [1.29, 1.82) is 0 Å². The molecule has 16 heteroatoms. The molecule has 5 rings (SSSR count). The lowest BCUT2D eigenvalue weighted by Gasteiger charge is -2.25. The summed E-state index contributed by atoms with van der Waals surface area (Å²) in [5.41, 5.74) is 0.545. The minimum Gasteiger partial charge on any atom is -0.494 e. The highest BCUT2D eigenvalue weighted by Crippen LogP contribution is 2.40. The molecule has 6 N–H and O–H groups in total. The topological polar surface area (TPSA) is 199 Å². The van der Waals surface area contributed by atoms with Gasteiger partial charge in [-0.15, -0.1) is 21.5 Å². The Morgan fingerprint density at radius 2 is 1.85 bits per heavy atom. The molecular weight excluding hydrogens is 574 g/mol. The maximum absolute atomic E-state index is 13.0. The summed E-state index contributed by atoms with van der Waals surface area (Å²) in [6, 6.07) is 6.49. The van der Waals surface area contributed by atoms with Gasteiger partial charge in [-0.1, -0.05) is 6.07 Å². The summed E-state index contributed by atoms with van der Waals surface area (Å²) in [4.78, 5) is 44.7. The zero-order valence-electron chi connectivity index (χ0n) is 21.8. The van der Waals surface area contributed by atoms with Crippen molar-refractivity contribution in [2.24, 2.45) is 5.92 Å². The molecule has 3 amide bonds. The van der Waals surface area contributed by atoms with Crippen LogP contribution in [0.25, 0.3) is 10.6 Å². The molecule has 2 aromatic heterocycles. The molecule has 0 spiro atoms. The summed E-state index contributed by atoms with van der Waals surface area (Å²) < 4.78 is 5.68. The van der Waals surface area contributed by atoms with Crippen LogP contribution < -0.4 is 20.7 Å². The van der Waals surface area contributed by atoms with Gasteiger partial charge in [0.1, 0.15) is 9.88 Å². The van der Waals surface area contributed by atoms with Gasteiger partial charge in [-0.3, -0.25) is 19.7 Å². The molecule has 1 aliphatic heterocycles. The molecule has 2 aliphatic rings. The van der Waals surface area contributed by atoms with Crippen LogP contribution in [0.4, 0.5) is 17.2 Å². The van der Waals surface area contributed by atoms with Crippen LogP contribution in [-0.2, 0) is 4.79 Å². The third-order valence-electron chi connectivity index (χ3n) is 6.22. The van der Waals surface area contributed by atoms with Crippen LogP contribution in [-0.4, -0.2) is 90.9 Å². The molecule has 1 aliphatic carbocycles. The Kier molecular flexibility index (Phi) is 8.37. The lowest BCUT2D eigenvalue weighted by molar-refractivity contribution is -0.323. The van der Waals surface area contributed by atoms with E-state index in [9.17, 15) is 29.7 Å². The normalized spacial score (nSPS) is 15.3. The first-order valence-corrected chi connectivity index (χ1v) is 14.6. The first-order chi connectivity index (χ1) is 19.6. The van der Waals surface area contributed by atoms with E-state index in [0.717, 1.165) is 24.3 Å². The number of rotatable bonds is 9. The lowest BCUT2D eigenvalue weighted by atomic mass is 10.1. The molecule has 216 valence electrons. The first kappa shape index (κ1) is 28.7. The molecule has 0 atom stereocenters. The molecule has 0 radical (unpaired) electrons. The average Bonchev–Trinajstić information content (AvgIpc) is 3.69. The quantitative estimate of drug-likeness (QED) is 0.192.